The van der Waals surface area contributed by atoms with Crippen molar-refractivity contribution in [3.8, 4) is 16.8 Å². The number of nitriles is 1. The number of rotatable bonds is 6. The number of halogens is 1. The Morgan fingerprint density at radius 1 is 1.44 bits per heavy atom. The molecule has 32 heavy (non-hydrogen) atoms. The monoisotopic (exact) mass is 537 g/mol. The number of hydrogen-bond acceptors (Lipinski definition) is 10. The lowest BCUT2D eigenvalue weighted by Crippen LogP contribution is -2.55. The van der Waals surface area contributed by atoms with Gasteiger partial charge in [0.15, 0.2) is 0 Å². The van der Waals surface area contributed by atoms with Gasteiger partial charge in [-0.1, -0.05) is 32.9 Å². The summed E-state index contributed by atoms with van der Waals surface area (Å²) < 4.78 is 14.1. The second-order valence-corrected chi connectivity index (χ2v) is 10.1. The first-order valence-electron chi connectivity index (χ1n) is 9.63. The zero-order valence-corrected chi connectivity index (χ0v) is 20.3. The third-order valence-electron chi connectivity index (χ3n) is 5.06. The van der Waals surface area contributed by atoms with E-state index in [2.05, 4.69) is 37.3 Å². The van der Waals surface area contributed by atoms with Gasteiger partial charge in [-0.3, -0.25) is 0 Å². The molecule has 1 saturated heterocycles. The largest absolute Gasteiger partial charge is 0.394 e. The van der Waals surface area contributed by atoms with Gasteiger partial charge in [0.1, 0.15) is 46.6 Å². The molecule has 2 N–H and O–H groups in total. The number of ether oxygens (including phenoxy) is 2. The van der Waals surface area contributed by atoms with E-state index in [9.17, 15) is 15.5 Å². The number of benzene rings is 1. The Hall–Kier alpha value is -1.85. The van der Waals surface area contributed by atoms with Gasteiger partial charge in [0.25, 0.3) is 0 Å². The first kappa shape index (κ1) is 23.3. The van der Waals surface area contributed by atoms with Crippen LogP contribution in [0.15, 0.2) is 39.1 Å². The van der Waals surface area contributed by atoms with Gasteiger partial charge in [-0.15, -0.1) is 16.4 Å². The minimum atomic E-state index is -1.09. The highest BCUT2D eigenvalue weighted by atomic mass is 79.9. The molecule has 0 saturated carbocycles. The summed E-state index contributed by atoms with van der Waals surface area (Å²) in [6.45, 7) is 1.51. The molecule has 0 spiro atoms. The molecule has 0 radical (unpaired) electrons. The number of thioether (sulfide) groups is 1. The SMILES string of the molecule is CO[C@@H]1[C@@H](n2cc(-c3nc(C)cs3)nn2)[C@@H](O)[C@@H](CO)O[C@@H]1Sc1cc(Br)ccc1C#N. The molecule has 3 heterocycles. The normalized spacial score (nSPS) is 25.6. The maximum atomic E-state index is 11.0. The number of aliphatic hydroxyl groups is 2. The minimum absolute atomic E-state index is 0.387. The average Bonchev–Trinajstić information content (AvgIpc) is 3.43. The lowest BCUT2D eigenvalue weighted by Gasteiger charge is -2.43. The Kier molecular flexibility index (Phi) is 7.26. The van der Waals surface area contributed by atoms with Crippen LogP contribution < -0.4 is 0 Å². The summed E-state index contributed by atoms with van der Waals surface area (Å²) >= 11 is 6.18. The number of hydrogen-bond donors (Lipinski definition) is 2. The van der Waals surface area contributed by atoms with Gasteiger partial charge in [0.2, 0.25) is 0 Å². The predicted octanol–water partition coefficient (Wildman–Crippen LogP) is 2.77. The third-order valence-corrected chi connectivity index (χ3v) is 7.74. The highest BCUT2D eigenvalue weighted by Crippen LogP contribution is 2.41. The molecular weight excluding hydrogens is 518 g/mol. The molecular formula is C20H20BrN5O4S2. The van der Waals surface area contributed by atoms with Crippen LogP contribution in [0.5, 0.6) is 0 Å². The summed E-state index contributed by atoms with van der Waals surface area (Å²) in [5.74, 6) is 0. The van der Waals surface area contributed by atoms with E-state index in [1.807, 2.05) is 18.4 Å². The Balaban J connectivity index is 1.68. The van der Waals surface area contributed by atoms with Crippen LogP contribution >= 0.6 is 39.0 Å². The van der Waals surface area contributed by atoms with Gasteiger partial charge in [0, 0.05) is 27.6 Å². The highest BCUT2D eigenvalue weighted by molar-refractivity contribution is 9.10. The lowest BCUT2D eigenvalue weighted by atomic mass is 9.97. The summed E-state index contributed by atoms with van der Waals surface area (Å²) in [6.07, 6.45) is -0.890. The summed E-state index contributed by atoms with van der Waals surface area (Å²) in [7, 11) is 1.52. The number of methoxy groups -OCH3 is 1. The number of nitrogens with zero attached hydrogens (tertiary/aromatic N) is 5. The van der Waals surface area contributed by atoms with Crippen molar-refractivity contribution in [2.24, 2.45) is 0 Å². The van der Waals surface area contributed by atoms with E-state index < -0.39 is 29.8 Å². The zero-order valence-electron chi connectivity index (χ0n) is 17.1. The van der Waals surface area contributed by atoms with Gasteiger partial charge < -0.3 is 19.7 Å². The molecule has 0 unspecified atom stereocenters. The molecule has 3 aromatic rings. The van der Waals surface area contributed by atoms with Crippen molar-refractivity contribution in [2.75, 3.05) is 13.7 Å². The molecule has 9 nitrogen and oxygen atoms in total. The Morgan fingerprint density at radius 3 is 2.91 bits per heavy atom. The van der Waals surface area contributed by atoms with Crippen LogP contribution in [0.25, 0.3) is 10.7 Å². The van der Waals surface area contributed by atoms with Crippen LogP contribution in [0.1, 0.15) is 17.3 Å². The maximum absolute atomic E-state index is 11.0. The summed E-state index contributed by atoms with van der Waals surface area (Å²) in [6, 6.07) is 6.83. The summed E-state index contributed by atoms with van der Waals surface area (Å²) in [5.41, 5.74) is 1.34. The molecule has 0 amide bonds. The van der Waals surface area contributed by atoms with Crippen molar-refractivity contribution in [2.45, 2.75) is 41.6 Å². The van der Waals surface area contributed by atoms with Crippen LogP contribution in [0, 0.1) is 18.3 Å². The lowest BCUT2D eigenvalue weighted by molar-refractivity contribution is -0.186. The quantitative estimate of drug-likeness (QED) is 0.487. The van der Waals surface area contributed by atoms with Crippen LogP contribution in [0.3, 0.4) is 0 Å². The van der Waals surface area contributed by atoms with E-state index in [0.717, 1.165) is 15.2 Å². The van der Waals surface area contributed by atoms with E-state index in [0.29, 0.717) is 16.2 Å². The molecule has 168 valence electrons. The van der Waals surface area contributed by atoms with Crippen molar-refractivity contribution in [3.63, 3.8) is 0 Å². The predicted molar refractivity (Wildman–Crippen MR) is 122 cm³/mol. The van der Waals surface area contributed by atoms with E-state index in [1.54, 1.807) is 18.3 Å². The van der Waals surface area contributed by atoms with Crippen molar-refractivity contribution in [1.82, 2.24) is 20.0 Å². The fraction of sp³-hybridized carbons (Fsp3) is 0.400. The van der Waals surface area contributed by atoms with Gasteiger partial charge in [-0.25, -0.2) is 9.67 Å². The summed E-state index contributed by atoms with van der Waals surface area (Å²) in [5, 5.41) is 41.4. The van der Waals surface area contributed by atoms with E-state index in [4.69, 9.17) is 9.47 Å². The molecule has 1 aromatic carbocycles. The average molecular weight is 538 g/mol. The van der Waals surface area contributed by atoms with Crippen LogP contribution in [-0.2, 0) is 9.47 Å². The molecule has 5 atom stereocenters. The van der Waals surface area contributed by atoms with E-state index in [1.165, 1.54) is 34.9 Å². The topological polar surface area (TPSA) is 126 Å². The molecule has 0 bridgehead atoms. The standard InChI is InChI=1S/C20H20BrN5O4S2/c1-10-9-31-19(23-10)13-7-26(25-24-13)16-17(28)14(8-27)30-20(18(16)29-2)32-15-5-12(21)4-3-11(15)6-22/h3-5,7,9,14,16-18,20,27-28H,8H2,1-2H3/t14-,16+,17+,18-,20-/m1/s1. The molecule has 1 fully saturated rings. The Morgan fingerprint density at radius 2 is 2.25 bits per heavy atom. The van der Waals surface area contributed by atoms with Crippen LogP contribution in [-0.4, -0.2) is 67.7 Å². The van der Waals surface area contributed by atoms with Crippen molar-refractivity contribution in [1.29, 1.82) is 5.26 Å². The van der Waals surface area contributed by atoms with Crippen molar-refractivity contribution >= 4 is 39.0 Å². The van der Waals surface area contributed by atoms with Gasteiger partial charge in [-0.05, 0) is 25.1 Å². The Labute approximate surface area is 201 Å². The van der Waals surface area contributed by atoms with Crippen LogP contribution in [0.2, 0.25) is 0 Å². The van der Waals surface area contributed by atoms with Gasteiger partial charge in [0.05, 0.1) is 18.4 Å². The van der Waals surface area contributed by atoms with Gasteiger partial charge in [-0.2, -0.15) is 5.26 Å². The second-order valence-electron chi connectivity index (χ2n) is 7.15. The van der Waals surface area contributed by atoms with Crippen LogP contribution in [0.4, 0.5) is 0 Å². The number of thiazole rings is 1. The summed E-state index contributed by atoms with van der Waals surface area (Å²) in [4.78, 5) is 5.12. The third kappa shape index (κ3) is 4.60. The van der Waals surface area contributed by atoms with E-state index in [-0.39, 0.29) is 6.61 Å². The number of aromatic nitrogens is 4. The van der Waals surface area contributed by atoms with Crippen molar-refractivity contribution < 1.29 is 19.7 Å². The zero-order chi connectivity index (χ0) is 22.8. The maximum Gasteiger partial charge on any atom is 0.145 e. The fourth-order valence-electron chi connectivity index (χ4n) is 3.51. The molecule has 1 aliphatic rings. The molecule has 0 aliphatic carbocycles. The minimum Gasteiger partial charge on any atom is -0.394 e. The smallest absolute Gasteiger partial charge is 0.145 e. The highest BCUT2D eigenvalue weighted by Gasteiger charge is 2.47. The molecule has 12 heteroatoms. The number of aliphatic hydroxyl groups excluding tert-OH is 2. The van der Waals surface area contributed by atoms with Crippen molar-refractivity contribution in [3.05, 3.63) is 45.5 Å². The molecule has 1 aliphatic heterocycles. The first-order valence-corrected chi connectivity index (χ1v) is 12.2. The second kappa shape index (κ2) is 9.96. The molecule has 2 aromatic heterocycles. The Bertz CT molecular complexity index is 1130. The van der Waals surface area contributed by atoms with Gasteiger partial charge >= 0.3 is 0 Å². The number of aryl methyl sites for hydroxylation is 1. The first-order chi connectivity index (χ1) is 15.4. The fourth-order valence-corrected chi connectivity index (χ4v) is 6.06. The molecule has 4 rings (SSSR count). The van der Waals surface area contributed by atoms with E-state index >= 15 is 0 Å².